The van der Waals surface area contributed by atoms with Crippen molar-refractivity contribution in [3.63, 3.8) is 0 Å². The second kappa shape index (κ2) is 8.29. The number of piperidine rings is 1. The lowest BCUT2D eigenvalue weighted by molar-refractivity contribution is -0.119. The van der Waals surface area contributed by atoms with E-state index >= 15 is 0 Å². The second-order valence-corrected chi connectivity index (χ2v) is 6.82. The molecule has 2 unspecified atom stereocenters. The first kappa shape index (κ1) is 18.5. The Balaban J connectivity index is 2.09. The molecule has 2 N–H and O–H groups in total. The van der Waals surface area contributed by atoms with Gasteiger partial charge in [0.05, 0.1) is 0 Å². The van der Waals surface area contributed by atoms with Crippen molar-refractivity contribution in [3.05, 3.63) is 29.3 Å². The topological polar surface area (TPSA) is 61.4 Å². The highest BCUT2D eigenvalue weighted by Gasteiger charge is 2.24. The molecule has 24 heavy (non-hydrogen) atoms. The summed E-state index contributed by atoms with van der Waals surface area (Å²) in [5.74, 6) is -0.0344. The van der Waals surface area contributed by atoms with E-state index in [1.165, 1.54) is 6.42 Å². The number of amides is 2. The summed E-state index contributed by atoms with van der Waals surface area (Å²) in [6.07, 6.45) is 3.34. The second-order valence-electron chi connectivity index (χ2n) is 6.82. The Bertz CT molecular complexity index is 600. The molecule has 1 aromatic rings. The summed E-state index contributed by atoms with van der Waals surface area (Å²) in [5.41, 5.74) is 2.38. The van der Waals surface area contributed by atoms with Crippen LogP contribution in [-0.4, -0.2) is 42.9 Å². The minimum absolute atomic E-state index is 0.0174. The molecule has 2 atom stereocenters. The predicted molar refractivity (Wildman–Crippen MR) is 97.2 cm³/mol. The molecule has 0 aromatic heterocycles. The van der Waals surface area contributed by atoms with Gasteiger partial charge in [0.25, 0.3) is 5.91 Å². The SMILES string of the molecule is CNCC(C)C(=O)Nc1ccc(C(=O)N2CCCCC2C)cc1C. The average Bonchev–Trinajstić information content (AvgIpc) is 2.56. The van der Waals surface area contributed by atoms with Crippen molar-refractivity contribution in [2.45, 2.75) is 46.1 Å². The van der Waals surface area contributed by atoms with Crippen LogP contribution >= 0.6 is 0 Å². The molecule has 2 rings (SSSR count). The minimum Gasteiger partial charge on any atom is -0.336 e. The van der Waals surface area contributed by atoms with Gasteiger partial charge in [-0.05, 0) is 63.9 Å². The zero-order valence-corrected chi connectivity index (χ0v) is 15.2. The van der Waals surface area contributed by atoms with Crippen LogP contribution in [0.2, 0.25) is 0 Å². The van der Waals surface area contributed by atoms with Gasteiger partial charge < -0.3 is 15.5 Å². The minimum atomic E-state index is -0.107. The number of benzene rings is 1. The molecule has 1 aromatic carbocycles. The van der Waals surface area contributed by atoms with Crippen LogP contribution in [0.15, 0.2) is 18.2 Å². The molecule has 1 aliphatic rings. The predicted octanol–water partition coefficient (Wildman–Crippen LogP) is 2.80. The number of anilines is 1. The van der Waals surface area contributed by atoms with Crippen LogP contribution in [-0.2, 0) is 4.79 Å². The lowest BCUT2D eigenvalue weighted by Gasteiger charge is -2.33. The van der Waals surface area contributed by atoms with Gasteiger partial charge in [-0.2, -0.15) is 0 Å². The molecule has 2 amide bonds. The van der Waals surface area contributed by atoms with Crippen molar-refractivity contribution in [1.29, 1.82) is 0 Å². The number of carbonyl (C=O) groups is 2. The third-order valence-electron chi connectivity index (χ3n) is 4.75. The fourth-order valence-corrected chi connectivity index (χ4v) is 3.16. The first-order chi connectivity index (χ1) is 11.4. The monoisotopic (exact) mass is 331 g/mol. The Morgan fingerprint density at radius 3 is 2.71 bits per heavy atom. The van der Waals surface area contributed by atoms with Gasteiger partial charge in [0, 0.05) is 36.3 Å². The molecule has 5 nitrogen and oxygen atoms in total. The fraction of sp³-hybridized carbons (Fsp3) is 0.579. The van der Waals surface area contributed by atoms with Gasteiger partial charge in [-0.25, -0.2) is 0 Å². The summed E-state index contributed by atoms with van der Waals surface area (Å²) in [7, 11) is 1.83. The molecular weight excluding hydrogens is 302 g/mol. The first-order valence-electron chi connectivity index (χ1n) is 8.81. The van der Waals surface area contributed by atoms with Crippen LogP contribution in [0.4, 0.5) is 5.69 Å². The maximum Gasteiger partial charge on any atom is 0.254 e. The van der Waals surface area contributed by atoms with Crippen LogP contribution in [0, 0.1) is 12.8 Å². The molecule has 1 saturated heterocycles. The largest absolute Gasteiger partial charge is 0.336 e. The normalized spacial score (nSPS) is 19.0. The van der Waals surface area contributed by atoms with Gasteiger partial charge in [-0.1, -0.05) is 6.92 Å². The van der Waals surface area contributed by atoms with E-state index in [1.54, 1.807) is 0 Å². The van der Waals surface area contributed by atoms with Crippen molar-refractivity contribution in [2.75, 3.05) is 25.5 Å². The number of rotatable bonds is 5. The molecule has 132 valence electrons. The lowest BCUT2D eigenvalue weighted by atomic mass is 10.0. The summed E-state index contributed by atoms with van der Waals surface area (Å²) in [5, 5.41) is 5.95. The number of carbonyl (C=O) groups excluding carboxylic acids is 2. The molecule has 5 heteroatoms. The van der Waals surface area contributed by atoms with Gasteiger partial charge in [0.15, 0.2) is 0 Å². The third-order valence-corrected chi connectivity index (χ3v) is 4.75. The van der Waals surface area contributed by atoms with Crippen LogP contribution in [0.5, 0.6) is 0 Å². The van der Waals surface area contributed by atoms with E-state index in [0.717, 1.165) is 30.6 Å². The maximum atomic E-state index is 12.7. The molecule has 0 spiro atoms. The van der Waals surface area contributed by atoms with Crippen LogP contribution in [0.1, 0.15) is 49.0 Å². The van der Waals surface area contributed by atoms with Crippen LogP contribution in [0.25, 0.3) is 0 Å². The standard InChI is InChI=1S/C19H29N3O2/c1-13-11-16(19(24)22-10-6-5-7-15(22)3)8-9-17(13)21-18(23)14(2)12-20-4/h8-9,11,14-15,20H,5-7,10,12H2,1-4H3,(H,21,23). The number of hydrogen-bond acceptors (Lipinski definition) is 3. The number of nitrogens with zero attached hydrogens (tertiary/aromatic N) is 1. The molecule has 0 radical (unpaired) electrons. The zero-order chi connectivity index (χ0) is 17.7. The van der Waals surface area contributed by atoms with Gasteiger partial charge in [0.2, 0.25) is 5.91 Å². The van der Waals surface area contributed by atoms with Crippen molar-refractivity contribution < 1.29 is 9.59 Å². The summed E-state index contributed by atoms with van der Waals surface area (Å²) in [4.78, 5) is 26.8. The van der Waals surface area contributed by atoms with Crippen molar-refractivity contribution in [2.24, 2.45) is 5.92 Å². The summed E-state index contributed by atoms with van der Waals surface area (Å²) >= 11 is 0. The van der Waals surface area contributed by atoms with Crippen LogP contribution in [0.3, 0.4) is 0 Å². The highest BCUT2D eigenvalue weighted by molar-refractivity contribution is 5.97. The van der Waals surface area contributed by atoms with Crippen molar-refractivity contribution in [3.8, 4) is 0 Å². The van der Waals surface area contributed by atoms with E-state index in [4.69, 9.17) is 0 Å². The van der Waals surface area contributed by atoms with Gasteiger partial charge in [0.1, 0.15) is 0 Å². The van der Waals surface area contributed by atoms with Crippen molar-refractivity contribution in [1.82, 2.24) is 10.2 Å². The maximum absolute atomic E-state index is 12.7. The van der Waals surface area contributed by atoms with E-state index in [-0.39, 0.29) is 17.7 Å². The number of likely N-dealkylation sites (tertiary alicyclic amines) is 1. The molecular formula is C19H29N3O2. The smallest absolute Gasteiger partial charge is 0.254 e. The van der Waals surface area contributed by atoms with Gasteiger partial charge >= 0.3 is 0 Å². The van der Waals surface area contributed by atoms with E-state index in [0.29, 0.717) is 18.2 Å². The van der Waals surface area contributed by atoms with E-state index in [9.17, 15) is 9.59 Å². The number of aryl methyl sites for hydroxylation is 1. The Morgan fingerprint density at radius 1 is 1.33 bits per heavy atom. The Morgan fingerprint density at radius 2 is 2.08 bits per heavy atom. The third kappa shape index (κ3) is 4.35. The Labute approximate surface area is 144 Å². The highest BCUT2D eigenvalue weighted by atomic mass is 16.2. The van der Waals surface area contributed by atoms with Crippen molar-refractivity contribution >= 4 is 17.5 Å². The Hall–Kier alpha value is -1.88. The summed E-state index contributed by atoms with van der Waals surface area (Å²) in [6.45, 7) is 7.39. The Kier molecular flexibility index (Phi) is 6.37. The van der Waals surface area contributed by atoms with Gasteiger partial charge in [-0.3, -0.25) is 9.59 Å². The van der Waals surface area contributed by atoms with Crippen LogP contribution < -0.4 is 10.6 Å². The van der Waals surface area contributed by atoms with E-state index in [1.807, 2.05) is 44.0 Å². The molecule has 1 aliphatic heterocycles. The molecule has 1 heterocycles. The van der Waals surface area contributed by atoms with Gasteiger partial charge in [-0.15, -0.1) is 0 Å². The lowest BCUT2D eigenvalue weighted by Crippen LogP contribution is -2.42. The highest BCUT2D eigenvalue weighted by Crippen LogP contribution is 2.22. The number of nitrogens with one attached hydrogen (secondary N) is 2. The summed E-state index contributed by atoms with van der Waals surface area (Å²) in [6, 6.07) is 5.83. The zero-order valence-electron chi connectivity index (χ0n) is 15.2. The first-order valence-corrected chi connectivity index (χ1v) is 8.81. The number of hydrogen-bond donors (Lipinski definition) is 2. The fourth-order valence-electron chi connectivity index (χ4n) is 3.16. The average molecular weight is 331 g/mol. The molecule has 0 bridgehead atoms. The molecule has 1 fully saturated rings. The molecule has 0 saturated carbocycles. The van der Waals surface area contributed by atoms with E-state index in [2.05, 4.69) is 17.6 Å². The quantitative estimate of drug-likeness (QED) is 0.872. The molecule has 0 aliphatic carbocycles. The van der Waals surface area contributed by atoms with E-state index < -0.39 is 0 Å². The summed E-state index contributed by atoms with van der Waals surface area (Å²) < 4.78 is 0.